The summed E-state index contributed by atoms with van der Waals surface area (Å²) in [6, 6.07) is 9.47. The quantitative estimate of drug-likeness (QED) is 0.529. The third-order valence-corrected chi connectivity index (χ3v) is 7.74. The normalized spacial score (nSPS) is 16.0. The van der Waals surface area contributed by atoms with Gasteiger partial charge in [-0.1, -0.05) is 6.07 Å². The smallest absolute Gasteiger partial charge is 0.344 e. The number of esters is 1. The summed E-state index contributed by atoms with van der Waals surface area (Å²) in [6.07, 6.45) is 1.90. The molecule has 168 valence electrons. The van der Waals surface area contributed by atoms with E-state index in [1.54, 1.807) is 41.8 Å². The molecule has 1 aliphatic heterocycles. The van der Waals surface area contributed by atoms with Gasteiger partial charge in [0, 0.05) is 20.2 Å². The number of hydrogen-bond acceptors (Lipinski definition) is 8. The minimum Gasteiger partial charge on any atom is -0.482 e. The fraction of sp³-hybridized carbons (Fsp3) is 0.400. The molecule has 2 heterocycles. The van der Waals surface area contributed by atoms with Crippen molar-refractivity contribution < 1.29 is 32.2 Å². The molecule has 31 heavy (non-hydrogen) atoms. The number of rotatable bonds is 10. The Balaban J connectivity index is 1.41. The zero-order valence-corrected chi connectivity index (χ0v) is 18.6. The van der Waals surface area contributed by atoms with Crippen LogP contribution in [0.1, 0.15) is 12.8 Å². The van der Waals surface area contributed by atoms with Gasteiger partial charge < -0.3 is 19.5 Å². The molecule has 1 fully saturated rings. The maximum Gasteiger partial charge on any atom is 0.344 e. The van der Waals surface area contributed by atoms with E-state index in [2.05, 4.69) is 5.32 Å². The van der Waals surface area contributed by atoms with Gasteiger partial charge in [0.05, 0.1) is 11.8 Å². The molecule has 1 aromatic heterocycles. The molecule has 9 nitrogen and oxygen atoms in total. The van der Waals surface area contributed by atoms with Crippen molar-refractivity contribution in [2.24, 2.45) is 0 Å². The third-order valence-electron chi connectivity index (χ3n) is 4.58. The highest BCUT2D eigenvalue weighted by Gasteiger charge is 2.22. The van der Waals surface area contributed by atoms with E-state index in [1.165, 1.54) is 11.4 Å². The second-order valence-corrected chi connectivity index (χ2v) is 9.93. The van der Waals surface area contributed by atoms with Gasteiger partial charge in [0.1, 0.15) is 9.96 Å². The van der Waals surface area contributed by atoms with Crippen LogP contribution in [0.2, 0.25) is 0 Å². The van der Waals surface area contributed by atoms with Gasteiger partial charge in [-0.05, 0) is 48.6 Å². The van der Waals surface area contributed by atoms with Gasteiger partial charge in [-0.2, -0.15) is 0 Å². The molecule has 11 heteroatoms. The number of ether oxygens (including phenoxy) is 3. The van der Waals surface area contributed by atoms with E-state index >= 15 is 0 Å². The lowest BCUT2D eigenvalue weighted by Gasteiger charge is -2.18. The number of thiophene rings is 1. The van der Waals surface area contributed by atoms with E-state index in [0.717, 1.165) is 24.2 Å². The highest BCUT2D eigenvalue weighted by atomic mass is 32.2. The summed E-state index contributed by atoms with van der Waals surface area (Å²) >= 11 is 1.14. The molecule has 0 spiro atoms. The lowest BCUT2D eigenvalue weighted by Crippen LogP contribution is -2.35. The van der Waals surface area contributed by atoms with Gasteiger partial charge in [-0.15, -0.1) is 11.3 Å². The number of carbonyl (C=O) groups is 2. The summed E-state index contributed by atoms with van der Waals surface area (Å²) in [6.45, 7) is 0.339. The molecule has 3 rings (SSSR count). The first kappa shape index (κ1) is 23.0. The minimum atomic E-state index is -3.62. The van der Waals surface area contributed by atoms with Crippen molar-refractivity contribution in [3.63, 3.8) is 0 Å². The SMILES string of the molecule is CN(c1ccc(OCC(=O)OCC(=O)NCC2CCCO2)cc1)S(=O)(=O)c1cccs1. The fourth-order valence-corrected chi connectivity index (χ4v) is 5.21. The average molecular weight is 469 g/mol. The van der Waals surface area contributed by atoms with Gasteiger partial charge in [-0.3, -0.25) is 9.10 Å². The van der Waals surface area contributed by atoms with Crippen LogP contribution in [0.5, 0.6) is 5.75 Å². The second kappa shape index (κ2) is 10.6. The summed E-state index contributed by atoms with van der Waals surface area (Å²) in [7, 11) is -2.16. The first-order valence-electron chi connectivity index (χ1n) is 9.65. The summed E-state index contributed by atoms with van der Waals surface area (Å²) in [5, 5.41) is 4.36. The van der Waals surface area contributed by atoms with Crippen molar-refractivity contribution in [1.82, 2.24) is 5.32 Å². The third kappa shape index (κ3) is 6.42. The van der Waals surface area contributed by atoms with E-state index < -0.39 is 21.9 Å². The zero-order valence-electron chi connectivity index (χ0n) is 17.0. The number of amides is 1. The molecule has 1 aromatic carbocycles. The Hall–Kier alpha value is -2.63. The van der Waals surface area contributed by atoms with Crippen molar-refractivity contribution in [1.29, 1.82) is 0 Å². The van der Waals surface area contributed by atoms with Crippen LogP contribution in [0.3, 0.4) is 0 Å². The summed E-state index contributed by atoms with van der Waals surface area (Å²) in [5.41, 5.74) is 0.450. The van der Waals surface area contributed by atoms with Crippen LogP contribution in [0.15, 0.2) is 46.0 Å². The summed E-state index contributed by atoms with van der Waals surface area (Å²) < 4.78 is 42.1. The average Bonchev–Trinajstić information content (AvgIpc) is 3.49. The molecule has 1 unspecified atom stereocenters. The Morgan fingerprint density at radius 1 is 1.23 bits per heavy atom. The number of hydrogen-bond donors (Lipinski definition) is 1. The summed E-state index contributed by atoms with van der Waals surface area (Å²) in [5.74, 6) is -0.720. The van der Waals surface area contributed by atoms with Crippen LogP contribution in [-0.4, -0.2) is 59.8 Å². The molecule has 2 aromatic rings. The Labute approximate surface area is 185 Å². The standard InChI is InChI=1S/C20H24N2O7S2/c1-22(31(25,26)20-5-3-11-30-20)15-6-8-16(9-7-15)28-14-19(24)29-13-18(23)21-12-17-4-2-10-27-17/h3,5-9,11,17H,2,4,10,12-14H2,1H3,(H,21,23). The predicted octanol–water partition coefficient (Wildman–Crippen LogP) is 1.79. The Morgan fingerprint density at radius 2 is 2.00 bits per heavy atom. The van der Waals surface area contributed by atoms with Crippen LogP contribution in [0.25, 0.3) is 0 Å². The molecule has 0 radical (unpaired) electrons. The number of nitrogens with one attached hydrogen (secondary N) is 1. The molecule has 1 atom stereocenters. The molecule has 0 aliphatic carbocycles. The van der Waals surface area contributed by atoms with Gasteiger partial charge in [-0.25, -0.2) is 13.2 Å². The van der Waals surface area contributed by atoms with Crippen LogP contribution in [-0.2, 0) is 29.1 Å². The van der Waals surface area contributed by atoms with Crippen LogP contribution < -0.4 is 14.4 Å². The van der Waals surface area contributed by atoms with Crippen LogP contribution >= 0.6 is 11.3 Å². The highest BCUT2D eigenvalue weighted by molar-refractivity contribution is 7.94. The number of carbonyl (C=O) groups excluding carboxylic acids is 2. The zero-order chi connectivity index (χ0) is 22.3. The van der Waals surface area contributed by atoms with E-state index in [9.17, 15) is 18.0 Å². The van der Waals surface area contributed by atoms with Gasteiger partial charge >= 0.3 is 5.97 Å². The number of benzene rings is 1. The summed E-state index contributed by atoms with van der Waals surface area (Å²) in [4.78, 5) is 23.5. The number of anilines is 1. The lowest BCUT2D eigenvalue weighted by molar-refractivity contribution is -0.150. The second-order valence-electron chi connectivity index (χ2n) is 6.79. The molecule has 1 N–H and O–H groups in total. The fourth-order valence-electron chi connectivity index (χ4n) is 2.85. The molecule has 0 bridgehead atoms. The van der Waals surface area contributed by atoms with Crippen molar-refractivity contribution in [2.75, 3.05) is 37.7 Å². The molecular weight excluding hydrogens is 444 g/mol. The maximum absolute atomic E-state index is 12.5. The van der Waals surface area contributed by atoms with Crippen molar-refractivity contribution in [3.05, 3.63) is 41.8 Å². The molecule has 1 saturated heterocycles. The number of nitrogens with zero attached hydrogens (tertiary/aromatic N) is 1. The van der Waals surface area contributed by atoms with Gasteiger partial charge in [0.15, 0.2) is 13.2 Å². The van der Waals surface area contributed by atoms with Crippen molar-refractivity contribution in [3.8, 4) is 5.75 Å². The van der Waals surface area contributed by atoms with Gasteiger partial charge in [0.25, 0.3) is 15.9 Å². The van der Waals surface area contributed by atoms with Crippen molar-refractivity contribution in [2.45, 2.75) is 23.2 Å². The Bertz CT molecular complexity index is 969. The maximum atomic E-state index is 12.5. The topological polar surface area (TPSA) is 111 Å². The van der Waals surface area contributed by atoms with E-state index in [-0.39, 0.29) is 23.5 Å². The van der Waals surface area contributed by atoms with E-state index in [1.807, 2.05) is 0 Å². The largest absolute Gasteiger partial charge is 0.482 e. The van der Waals surface area contributed by atoms with E-state index in [0.29, 0.717) is 24.6 Å². The van der Waals surface area contributed by atoms with E-state index in [4.69, 9.17) is 14.2 Å². The first-order chi connectivity index (χ1) is 14.9. The molecular formula is C20H24N2O7S2. The minimum absolute atomic E-state index is 0.0188. The number of sulfonamides is 1. The lowest BCUT2D eigenvalue weighted by atomic mass is 10.2. The highest BCUT2D eigenvalue weighted by Crippen LogP contribution is 2.26. The van der Waals surface area contributed by atoms with Crippen LogP contribution in [0.4, 0.5) is 5.69 Å². The van der Waals surface area contributed by atoms with Gasteiger partial charge in [0.2, 0.25) is 0 Å². The monoisotopic (exact) mass is 468 g/mol. The molecule has 0 saturated carbocycles. The first-order valence-corrected chi connectivity index (χ1v) is 12.0. The Morgan fingerprint density at radius 3 is 2.65 bits per heavy atom. The van der Waals surface area contributed by atoms with Crippen LogP contribution in [0, 0.1) is 0 Å². The molecule has 1 amide bonds. The van der Waals surface area contributed by atoms with Crippen molar-refractivity contribution >= 4 is 38.9 Å². The predicted molar refractivity (Wildman–Crippen MR) is 115 cm³/mol. The molecule has 1 aliphatic rings. The Kier molecular flexibility index (Phi) is 7.88.